The molecule has 1 rings (SSSR count). The molecule has 0 aromatic heterocycles. The summed E-state index contributed by atoms with van der Waals surface area (Å²) < 4.78 is 0. The number of aliphatic hydroxyl groups is 1. The van der Waals surface area contributed by atoms with E-state index in [2.05, 4.69) is 18.7 Å². The van der Waals surface area contributed by atoms with Gasteiger partial charge in [0.05, 0.1) is 6.61 Å². The molecule has 1 fully saturated rings. The second-order valence-corrected chi connectivity index (χ2v) is 5.33. The van der Waals surface area contributed by atoms with Gasteiger partial charge in [-0.15, -0.1) is 0 Å². The third-order valence-electron chi connectivity index (χ3n) is 3.19. The minimum absolute atomic E-state index is 0.0714. The van der Waals surface area contributed by atoms with Gasteiger partial charge in [-0.2, -0.15) is 0 Å². The van der Waals surface area contributed by atoms with Crippen molar-refractivity contribution in [2.75, 3.05) is 13.2 Å². The Bertz CT molecular complexity index is 190. The number of hydrogen-bond donors (Lipinski definition) is 2. The fourth-order valence-electron chi connectivity index (χ4n) is 2.28. The maximum absolute atomic E-state index is 9.17. The molecule has 0 aromatic carbocycles. The van der Waals surface area contributed by atoms with Crippen LogP contribution in [0.15, 0.2) is 0 Å². The van der Waals surface area contributed by atoms with Crippen LogP contribution < -0.4 is 5.73 Å². The third-order valence-corrected chi connectivity index (χ3v) is 3.19. The number of nitrogens with zero attached hydrogens (tertiary/aromatic N) is 1. The Morgan fingerprint density at radius 1 is 1.53 bits per heavy atom. The standard InChI is InChI=1S/C12H26N2O/c1-4-7-14(11-5-6-11)10(2)8-12(3,13)9-15/h10-11,15H,4-9,13H2,1-3H3. The molecule has 0 amide bonds. The monoisotopic (exact) mass is 214 g/mol. The smallest absolute Gasteiger partial charge is 0.0609 e. The molecule has 90 valence electrons. The van der Waals surface area contributed by atoms with Gasteiger partial charge in [0.1, 0.15) is 0 Å². The molecule has 0 bridgehead atoms. The summed E-state index contributed by atoms with van der Waals surface area (Å²) in [5.41, 5.74) is 5.56. The molecule has 0 aliphatic heterocycles. The summed E-state index contributed by atoms with van der Waals surface area (Å²) in [6, 6.07) is 1.27. The first kappa shape index (κ1) is 12.9. The molecule has 3 heteroatoms. The van der Waals surface area contributed by atoms with Crippen LogP contribution in [-0.4, -0.2) is 40.8 Å². The van der Waals surface area contributed by atoms with E-state index in [1.165, 1.54) is 19.3 Å². The van der Waals surface area contributed by atoms with Crippen LogP contribution in [0, 0.1) is 0 Å². The Balaban J connectivity index is 2.44. The molecular weight excluding hydrogens is 188 g/mol. The van der Waals surface area contributed by atoms with Crippen LogP contribution in [0.1, 0.15) is 46.5 Å². The fourth-order valence-corrected chi connectivity index (χ4v) is 2.28. The Hall–Kier alpha value is -0.120. The van der Waals surface area contributed by atoms with Crippen molar-refractivity contribution < 1.29 is 5.11 Å². The molecule has 1 saturated carbocycles. The van der Waals surface area contributed by atoms with Crippen molar-refractivity contribution in [1.82, 2.24) is 4.90 Å². The van der Waals surface area contributed by atoms with Crippen LogP contribution in [0.4, 0.5) is 0 Å². The maximum Gasteiger partial charge on any atom is 0.0609 e. The van der Waals surface area contributed by atoms with Gasteiger partial charge in [0, 0.05) is 17.6 Å². The van der Waals surface area contributed by atoms with Crippen molar-refractivity contribution in [2.45, 2.75) is 64.1 Å². The lowest BCUT2D eigenvalue weighted by Gasteiger charge is -2.34. The Labute approximate surface area is 93.6 Å². The highest BCUT2D eigenvalue weighted by Gasteiger charge is 2.33. The second-order valence-electron chi connectivity index (χ2n) is 5.33. The number of nitrogens with two attached hydrogens (primary N) is 1. The van der Waals surface area contributed by atoms with Gasteiger partial charge in [0.15, 0.2) is 0 Å². The first-order valence-electron chi connectivity index (χ1n) is 6.15. The zero-order valence-electron chi connectivity index (χ0n) is 10.4. The predicted molar refractivity (Wildman–Crippen MR) is 63.8 cm³/mol. The van der Waals surface area contributed by atoms with E-state index in [1.807, 2.05) is 6.92 Å². The maximum atomic E-state index is 9.17. The first-order chi connectivity index (χ1) is 7.00. The van der Waals surface area contributed by atoms with Gasteiger partial charge in [-0.1, -0.05) is 6.92 Å². The van der Waals surface area contributed by atoms with Crippen molar-refractivity contribution in [3.63, 3.8) is 0 Å². The lowest BCUT2D eigenvalue weighted by molar-refractivity contribution is 0.131. The van der Waals surface area contributed by atoms with Gasteiger partial charge in [-0.25, -0.2) is 0 Å². The highest BCUT2D eigenvalue weighted by atomic mass is 16.3. The summed E-state index contributed by atoms with van der Waals surface area (Å²) in [5, 5.41) is 9.17. The largest absolute Gasteiger partial charge is 0.394 e. The van der Waals surface area contributed by atoms with E-state index in [-0.39, 0.29) is 6.61 Å². The molecule has 2 unspecified atom stereocenters. The highest BCUT2D eigenvalue weighted by molar-refractivity contribution is 4.91. The summed E-state index contributed by atoms with van der Waals surface area (Å²) in [4.78, 5) is 2.56. The van der Waals surface area contributed by atoms with Crippen molar-refractivity contribution in [3.8, 4) is 0 Å². The van der Waals surface area contributed by atoms with Crippen molar-refractivity contribution in [3.05, 3.63) is 0 Å². The van der Waals surface area contributed by atoms with E-state index in [0.29, 0.717) is 6.04 Å². The van der Waals surface area contributed by atoms with Gasteiger partial charge in [-0.05, 0) is 46.1 Å². The predicted octanol–water partition coefficient (Wildman–Crippen LogP) is 1.35. The first-order valence-corrected chi connectivity index (χ1v) is 6.15. The molecule has 2 atom stereocenters. The van der Waals surface area contributed by atoms with Gasteiger partial charge >= 0.3 is 0 Å². The Morgan fingerprint density at radius 3 is 2.53 bits per heavy atom. The molecule has 0 spiro atoms. The van der Waals surface area contributed by atoms with Crippen LogP contribution in [0.2, 0.25) is 0 Å². The Kier molecular flexibility index (Phi) is 4.56. The van der Waals surface area contributed by atoms with Crippen LogP contribution in [0.25, 0.3) is 0 Å². The minimum atomic E-state index is -0.430. The molecule has 0 heterocycles. The molecule has 15 heavy (non-hydrogen) atoms. The second kappa shape index (κ2) is 5.28. The summed E-state index contributed by atoms with van der Waals surface area (Å²) in [6.45, 7) is 7.61. The topological polar surface area (TPSA) is 49.5 Å². The summed E-state index contributed by atoms with van der Waals surface area (Å²) in [5.74, 6) is 0. The number of hydrogen-bond acceptors (Lipinski definition) is 3. The van der Waals surface area contributed by atoms with Gasteiger partial charge in [0.25, 0.3) is 0 Å². The van der Waals surface area contributed by atoms with Crippen molar-refractivity contribution >= 4 is 0 Å². The van der Waals surface area contributed by atoms with Crippen LogP contribution in [0.3, 0.4) is 0 Å². The van der Waals surface area contributed by atoms with Crippen LogP contribution in [0.5, 0.6) is 0 Å². The lowest BCUT2D eigenvalue weighted by atomic mass is 9.95. The molecule has 3 N–H and O–H groups in total. The van der Waals surface area contributed by atoms with E-state index >= 15 is 0 Å². The number of aliphatic hydroxyl groups excluding tert-OH is 1. The SMILES string of the molecule is CCCN(C(C)CC(C)(N)CO)C1CC1. The van der Waals surface area contributed by atoms with Crippen LogP contribution in [-0.2, 0) is 0 Å². The minimum Gasteiger partial charge on any atom is -0.394 e. The zero-order valence-corrected chi connectivity index (χ0v) is 10.4. The van der Waals surface area contributed by atoms with E-state index in [1.54, 1.807) is 0 Å². The average Bonchev–Trinajstić information content (AvgIpc) is 2.96. The van der Waals surface area contributed by atoms with E-state index < -0.39 is 5.54 Å². The quantitative estimate of drug-likeness (QED) is 0.672. The van der Waals surface area contributed by atoms with Crippen LogP contribution >= 0.6 is 0 Å². The van der Waals surface area contributed by atoms with E-state index in [9.17, 15) is 0 Å². The van der Waals surface area contributed by atoms with Crippen molar-refractivity contribution in [1.29, 1.82) is 0 Å². The molecule has 0 saturated heterocycles. The van der Waals surface area contributed by atoms with E-state index in [4.69, 9.17) is 10.8 Å². The Morgan fingerprint density at radius 2 is 2.13 bits per heavy atom. The fraction of sp³-hybridized carbons (Fsp3) is 1.00. The average molecular weight is 214 g/mol. The lowest BCUT2D eigenvalue weighted by Crippen LogP contribution is -2.48. The molecule has 1 aliphatic carbocycles. The van der Waals surface area contributed by atoms with Gasteiger partial charge in [0.2, 0.25) is 0 Å². The summed E-state index contributed by atoms with van der Waals surface area (Å²) >= 11 is 0. The molecule has 0 radical (unpaired) electrons. The normalized spacial score (nSPS) is 22.8. The molecule has 0 aromatic rings. The van der Waals surface area contributed by atoms with Gasteiger partial charge in [-0.3, -0.25) is 4.90 Å². The molecule has 3 nitrogen and oxygen atoms in total. The highest BCUT2D eigenvalue weighted by Crippen LogP contribution is 2.30. The summed E-state index contributed by atoms with van der Waals surface area (Å²) in [6.07, 6.45) is 4.75. The number of rotatable bonds is 7. The van der Waals surface area contributed by atoms with Gasteiger partial charge < -0.3 is 10.8 Å². The van der Waals surface area contributed by atoms with E-state index in [0.717, 1.165) is 19.0 Å². The third kappa shape index (κ3) is 4.09. The summed E-state index contributed by atoms with van der Waals surface area (Å²) in [7, 11) is 0. The van der Waals surface area contributed by atoms with Crippen molar-refractivity contribution in [2.24, 2.45) is 5.73 Å². The zero-order chi connectivity index (χ0) is 11.5. The molecular formula is C12H26N2O. The molecule has 1 aliphatic rings.